The molecule has 0 aliphatic carbocycles. The number of carbonyl (C=O) groups excluding carboxylic acids is 1. The van der Waals surface area contributed by atoms with Crippen LogP contribution in [0.4, 0.5) is 5.69 Å². The van der Waals surface area contributed by atoms with Gasteiger partial charge in [-0.2, -0.15) is 10.2 Å². The van der Waals surface area contributed by atoms with Gasteiger partial charge in [0.1, 0.15) is 24.1 Å². The zero-order valence-electron chi connectivity index (χ0n) is 13.0. The molecule has 1 atom stereocenters. The van der Waals surface area contributed by atoms with Crippen LogP contribution in [0.15, 0.2) is 18.6 Å². The number of hydrogen-bond donors (Lipinski definition) is 0. The lowest BCUT2D eigenvalue weighted by molar-refractivity contribution is -0.385. The summed E-state index contributed by atoms with van der Waals surface area (Å²) in [6.45, 7) is 4.50. The Labute approximate surface area is 137 Å². The number of hydrogen-bond acceptors (Lipinski definition) is 5. The second-order valence-corrected chi connectivity index (χ2v) is 5.49. The van der Waals surface area contributed by atoms with Crippen molar-refractivity contribution in [2.45, 2.75) is 33.0 Å². The van der Waals surface area contributed by atoms with Crippen LogP contribution in [-0.2, 0) is 17.9 Å². The van der Waals surface area contributed by atoms with E-state index in [1.165, 1.54) is 15.8 Å². The molecule has 0 saturated carbocycles. The van der Waals surface area contributed by atoms with Crippen LogP contribution in [0.3, 0.4) is 0 Å². The van der Waals surface area contributed by atoms with Gasteiger partial charge in [-0.25, -0.2) is 0 Å². The van der Waals surface area contributed by atoms with Crippen molar-refractivity contribution in [3.63, 3.8) is 0 Å². The molecular weight excluding hydrogens is 324 g/mol. The highest BCUT2D eigenvalue weighted by Crippen LogP contribution is 2.18. The number of nitro groups is 1. The van der Waals surface area contributed by atoms with Gasteiger partial charge >= 0.3 is 5.69 Å². The normalized spacial score (nSPS) is 12.2. The summed E-state index contributed by atoms with van der Waals surface area (Å²) in [6, 6.07) is -0.666. The predicted molar refractivity (Wildman–Crippen MR) is 83.0 cm³/mol. The fraction of sp³-hybridized carbons (Fsp3) is 0.462. The average molecular weight is 341 g/mol. The van der Waals surface area contributed by atoms with E-state index in [4.69, 9.17) is 11.6 Å². The monoisotopic (exact) mass is 340 g/mol. The fourth-order valence-electron chi connectivity index (χ4n) is 2.07. The molecule has 1 amide bonds. The number of rotatable bonds is 6. The van der Waals surface area contributed by atoms with Crippen LogP contribution in [0.25, 0.3) is 0 Å². The van der Waals surface area contributed by atoms with Gasteiger partial charge in [0, 0.05) is 19.8 Å². The molecule has 0 aromatic carbocycles. The fourth-order valence-corrected chi connectivity index (χ4v) is 2.29. The van der Waals surface area contributed by atoms with E-state index in [1.54, 1.807) is 24.9 Å². The average Bonchev–Trinajstić information content (AvgIpc) is 3.13. The Balaban J connectivity index is 2.08. The van der Waals surface area contributed by atoms with Crippen LogP contribution in [0.2, 0.25) is 5.02 Å². The zero-order chi connectivity index (χ0) is 17.1. The first-order chi connectivity index (χ1) is 10.8. The minimum Gasteiger partial charge on any atom is -0.338 e. The van der Waals surface area contributed by atoms with Crippen LogP contribution in [0.1, 0.15) is 25.6 Å². The molecule has 9 nitrogen and oxygen atoms in total. The first-order valence-corrected chi connectivity index (χ1v) is 7.36. The lowest BCUT2D eigenvalue weighted by atomic mass is 10.3. The molecule has 0 N–H and O–H groups in total. The zero-order valence-corrected chi connectivity index (χ0v) is 13.8. The SMILES string of the molecule is CCn1cc(Cl)c(CN(C)C(=O)C(C)n2cc([N+](=O)[O-])cn2)n1. The lowest BCUT2D eigenvalue weighted by Crippen LogP contribution is -2.33. The summed E-state index contributed by atoms with van der Waals surface area (Å²) < 4.78 is 2.96. The molecule has 124 valence electrons. The van der Waals surface area contributed by atoms with Crippen LogP contribution in [0.5, 0.6) is 0 Å². The van der Waals surface area contributed by atoms with Crippen molar-refractivity contribution in [1.29, 1.82) is 0 Å². The largest absolute Gasteiger partial charge is 0.338 e. The second kappa shape index (κ2) is 6.78. The minimum atomic E-state index is -0.666. The molecule has 0 radical (unpaired) electrons. The van der Waals surface area contributed by atoms with Crippen molar-refractivity contribution >= 4 is 23.2 Å². The number of carbonyl (C=O) groups is 1. The van der Waals surface area contributed by atoms with E-state index >= 15 is 0 Å². The summed E-state index contributed by atoms with van der Waals surface area (Å²) in [4.78, 5) is 24.0. The van der Waals surface area contributed by atoms with E-state index in [0.29, 0.717) is 17.3 Å². The van der Waals surface area contributed by atoms with Gasteiger partial charge in [0.25, 0.3) is 0 Å². The summed E-state index contributed by atoms with van der Waals surface area (Å²) in [5.74, 6) is -0.245. The van der Waals surface area contributed by atoms with Crippen molar-refractivity contribution in [2.24, 2.45) is 0 Å². The van der Waals surface area contributed by atoms with Crippen LogP contribution < -0.4 is 0 Å². The van der Waals surface area contributed by atoms with E-state index in [9.17, 15) is 14.9 Å². The maximum Gasteiger partial charge on any atom is 0.307 e. The van der Waals surface area contributed by atoms with Crippen LogP contribution in [0, 0.1) is 10.1 Å². The third-order valence-electron chi connectivity index (χ3n) is 3.43. The van der Waals surface area contributed by atoms with E-state index in [-0.39, 0.29) is 18.1 Å². The first-order valence-electron chi connectivity index (χ1n) is 6.98. The number of likely N-dealkylation sites (N-methyl/N-ethyl adjacent to an activating group) is 1. The molecule has 0 aliphatic heterocycles. The predicted octanol–water partition coefficient (Wildman–Crippen LogP) is 1.88. The van der Waals surface area contributed by atoms with Gasteiger partial charge in [-0.15, -0.1) is 0 Å². The molecule has 2 rings (SSSR count). The smallest absolute Gasteiger partial charge is 0.307 e. The molecular formula is C13H17ClN6O3. The maximum absolute atomic E-state index is 12.4. The third kappa shape index (κ3) is 3.67. The van der Waals surface area contributed by atoms with E-state index < -0.39 is 11.0 Å². The van der Waals surface area contributed by atoms with Crippen molar-refractivity contribution in [1.82, 2.24) is 24.5 Å². The van der Waals surface area contributed by atoms with E-state index in [2.05, 4.69) is 10.2 Å². The summed E-state index contributed by atoms with van der Waals surface area (Å²) in [5.41, 5.74) is 0.444. The molecule has 0 aliphatic rings. The molecule has 1 unspecified atom stereocenters. The minimum absolute atomic E-state index is 0.156. The lowest BCUT2D eigenvalue weighted by Gasteiger charge is -2.20. The summed E-state index contributed by atoms with van der Waals surface area (Å²) in [7, 11) is 1.62. The van der Waals surface area contributed by atoms with Crippen molar-refractivity contribution < 1.29 is 9.72 Å². The Morgan fingerprint density at radius 1 is 1.52 bits per heavy atom. The Morgan fingerprint density at radius 3 is 2.74 bits per heavy atom. The molecule has 2 heterocycles. The number of amides is 1. The number of aromatic nitrogens is 4. The molecule has 2 aromatic rings. The second-order valence-electron chi connectivity index (χ2n) is 5.09. The van der Waals surface area contributed by atoms with Gasteiger partial charge in [0.05, 0.1) is 16.5 Å². The highest BCUT2D eigenvalue weighted by Gasteiger charge is 2.23. The number of nitrogens with zero attached hydrogens (tertiary/aromatic N) is 6. The van der Waals surface area contributed by atoms with Gasteiger partial charge < -0.3 is 4.90 Å². The van der Waals surface area contributed by atoms with E-state index in [1.807, 2.05) is 6.92 Å². The Bertz CT molecular complexity index is 725. The first kappa shape index (κ1) is 16.9. The Hall–Kier alpha value is -2.42. The summed E-state index contributed by atoms with van der Waals surface area (Å²) >= 11 is 6.09. The third-order valence-corrected chi connectivity index (χ3v) is 3.74. The molecule has 0 bridgehead atoms. The highest BCUT2D eigenvalue weighted by molar-refractivity contribution is 6.31. The molecule has 0 saturated heterocycles. The van der Waals surface area contributed by atoms with Crippen molar-refractivity contribution in [2.75, 3.05) is 7.05 Å². The molecule has 10 heteroatoms. The molecule has 2 aromatic heterocycles. The highest BCUT2D eigenvalue weighted by atomic mass is 35.5. The maximum atomic E-state index is 12.4. The standard InChI is InChI=1S/C13H17ClN6O3/c1-4-18-7-11(14)12(16-18)8-17(3)13(21)9(2)19-6-10(5-15-19)20(22)23/h5-7,9H,4,8H2,1-3H3. The number of halogens is 1. The molecule has 0 spiro atoms. The Kier molecular flexibility index (Phi) is 4.99. The van der Waals surface area contributed by atoms with Gasteiger partial charge in [-0.1, -0.05) is 11.6 Å². The van der Waals surface area contributed by atoms with Crippen LogP contribution in [-0.4, -0.2) is 42.3 Å². The van der Waals surface area contributed by atoms with Gasteiger partial charge in [0.15, 0.2) is 0 Å². The topological polar surface area (TPSA) is 99.1 Å². The quantitative estimate of drug-likeness (QED) is 0.590. The summed E-state index contributed by atoms with van der Waals surface area (Å²) in [6.07, 6.45) is 4.05. The summed E-state index contributed by atoms with van der Waals surface area (Å²) in [5, 5.41) is 19.3. The number of aryl methyl sites for hydroxylation is 1. The van der Waals surface area contributed by atoms with E-state index in [0.717, 1.165) is 6.20 Å². The van der Waals surface area contributed by atoms with Crippen molar-refractivity contribution in [3.8, 4) is 0 Å². The Morgan fingerprint density at radius 2 is 2.22 bits per heavy atom. The van der Waals surface area contributed by atoms with Gasteiger partial charge in [-0.05, 0) is 13.8 Å². The van der Waals surface area contributed by atoms with Crippen molar-refractivity contribution in [3.05, 3.63) is 39.4 Å². The van der Waals surface area contributed by atoms with Crippen LogP contribution >= 0.6 is 11.6 Å². The van der Waals surface area contributed by atoms with Gasteiger partial charge in [-0.3, -0.25) is 24.3 Å². The molecule has 23 heavy (non-hydrogen) atoms. The molecule has 0 fully saturated rings. The van der Waals surface area contributed by atoms with Gasteiger partial charge in [0.2, 0.25) is 5.91 Å².